The summed E-state index contributed by atoms with van der Waals surface area (Å²) in [6, 6.07) is 15.8. The summed E-state index contributed by atoms with van der Waals surface area (Å²) in [5, 5.41) is 80.0. The van der Waals surface area contributed by atoms with E-state index in [2.05, 4.69) is 5.32 Å². The van der Waals surface area contributed by atoms with Gasteiger partial charge in [0.1, 0.15) is 57.4 Å². The zero-order chi connectivity index (χ0) is 48.6. The van der Waals surface area contributed by atoms with Crippen molar-refractivity contribution in [3.05, 3.63) is 179 Å². The summed E-state index contributed by atoms with van der Waals surface area (Å²) in [7, 11) is 0. The van der Waals surface area contributed by atoms with Crippen molar-refractivity contribution in [2.45, 2.75) is 0 Å². The molecule has 0 aromatic heterocycles. The lowest BCUT2D eigenvalue weighted by Crippen LogP contribution is -2.54. The number of aromatic hydroxyl groups is 3. The van der Waals surface area contributed by atoms with Gasteiger partial charge in [0.25, 0.3) is 22.7 Å². The van der Waals surface area contributed by atoms with E-state index in [1.807, 2.05) is 5.32 Å². The van der Waals surface area contributed by atoms with Crippen molar-refractivity contribution in [1.29, 1.82) is 0 Å². The van der Waals surface area contributed by atoms with E-state index in [4.69, 9.17) is 5.73 Å². The first-order chi connectivity index (χ1) is 31.2. The van der Waals surface area contributed by atoms with Crippen LogP contribution in [0.2, 0.25) is 0 Å². The molecule has 0 saturated carbocycles. The molecule has 0 saturated heterocycles. The molecular weight excluding hydrogens is 889 g/mol. The number of nitrogens with two attached hydrogens (primary N) is 1. The van der Waals surface area contributed by atoms with Crippen LogP contribution in [0.15, 0.2) is 121 Å². The van der Waals surface area contributed by atoms with E-state index in [-0.39, 0.29) is 21.4 Å². The number of non-ortho nitro benzene ring substituents is 3. The van der Waals surface area contributed by atoms with Crippen LogP contribution in [0.25, 0.3) is 0 Å². The zero-order valence-electron chi connectivity index (χ0n) is 32.7. The summed E-state index contributed by atoms with van der Waals surface area (Å²) in [5.41, 5.74) is -0.142. The van der Waals surface area contributed by atoms with Gasteiger partial charge in [-0.3, -0.25) is 45.4 Å². The van der Waals surface area contributed by atoms with Gasteiger partial charge in [-0.2, -0.15) is 10.0 Å². The molecule has 0 spiro atoms. The van der Waals surface area contributed by atoms with Crippen molar-refractivity contribution >= 4 is 75.0 Å². The first-order valence-electron chi connectivity index (χ1n) is 17.9. The van der Waals surface area contributed by atoms with Gasteiger partial charge < -0.3 is 31.7 Å². The fourth-order valence-corrected chi connectivity index (χ4v) is 5.72. The minimum Gasteiger partial charge on any atom is -0.505 e. The number of hydrogen-bond donors (Lipinski definition) is 6. The zero-order valence-corrected chi connectivity index (χ0v) is 32.7. The highest BCUT2D eigenvalue weighted by Crippen LogP contribution is 2.41. The fourth-order valence-electron chi connectivity index (χ4n) is 5.72. The number of amides is 6. The molecule has 0 fully saturated rings. The predicted molar refractivity (Wildman–Crippen MR) is 225 cm³/mol. The van der Waals surface area contributed by atoms with Crippen molar-refractivity contribution in [2.24, 2.45) is 5.73 Å². The molecule has 338 valence electrons. The van der Waals surface area contributed by atoms with E-state index in [1.54, 1.807) is 0 Å². The molecule has 27 heteroatoms. The highest BCUT2D eigenvalue weighted by atomic mass is 19.1. The maximum Gasteiger partial charge on any atom is 0.346 e. The van der Waals surface area contributed by atoms with Gasteiger partial charge in [-0.1, -0.05) is 30.3 Å². The van der Waals surface area contributed by atoms with Crippen LogP contribution in [0.4, 0.5) is 84.4 Å². The van der Waals surface area contributed by atoms with Gasteiger partial charge in [-0.15, -0.1) is 0 Å². The van der Waals surface area contributed by atoms with Crippen LogP contribution in [0, 0.1) is 57.9 Å². The highest BCUT2D eigenvalue weighted by molar-refractivity contribution is 6.14. The monoisotopic (exact) mass is 916 g/mol. The lowest BCUT2D eigenvalue weighted by molar-refractivity contribution is -0.385. The molecule has 0 bridgehead atoms. The molecule has 0 aliphatic rings. The summed E-state index contributed by atoms with van der Waals surface area (Å²) >= 11 is 0. The number of phenolic OH excluding ortho intramolecular Hbond substituents is 3. The third-order valence-corrected chi connectivity index (χ3v) is 8.64. The number of hydrazine groups is 1. The molecule has 0 unspecified atom stereocenters. The number of carbonyl (C=O) groups is 3. The Morgan fingerprint density at radius 1 is 0.500 bits per heavy atom. The van der Waals surface area contributed by atoms with Crippen LogP contribution in [0.1, 0.15) is 0 Å². The number of nitrogens with one attached hydrogen (secondary N) is 2. The molecule has 6 rings (SSSR count). The van der Waals surface area contributed by atoms with E-state index in [1.165, 1.54) is 30.3 Å². The van der Waals surface area contributed by atoms with E-state index in [0.717, 1.165) is 78.9 Å². The van der Waals surface area contributed by atoms with Gasteiger partial charge in [0.2, 0.25) is 0 Å². The van der Waals surface area contributed by atoms with E-state index in [9.17, 15) is 83.3 Å². The number of nitro benzene ring substituents is 4. The second-order valence-corrected chi connectivity index (χ2v) is 12.8. The van der Waals surface area contributed by atoms with Gasteiger partial charge in [-0.05, 0) is 48.5 Å². The van der Waals surface area contributed by atoms with Crippen LogP contribution in [0.3, 0.4) is 0 Å². The Bertz CT molecular complexity index is 2930. The van der Waals surface area contributed by atoms with Crippen molar-refractivity contribution in [2.75, 3.05) is 25.6 Å². The molecule has 0 atom stereocenters. The number of phenols is 3. The smallest absolute Gasteiger partial charge is 0.346 e. The molecule has 6 aromatic rings. The van der Waals surface area contributed by atoms with Crippen LogP contribution < -0.4 is 31.3 Å². The number of anilines is 6. The summed E-state index contributed by atoms with van der Waals surface area (Å²) < 4.78 is 43.4. The Balaban J connectivity index is 0.000000298. The maximum absolute atomic E-state index is 14.5. The average Bonchev–Trinajstić information content (AvgIpc) is 3.26. The fraction of sp³-hybridized carbons (Fsp3) is 0. The molecule has 0 radical (unpaired) electrons. The Kier molecular flexibility index (Phi) is 14.1. The normalized spacial score (nSPS) is 10.3. The standard InChI is InChI=1S/C26H17F3N6O8.C13H10N4O6/c27-16-4-1-2-7-19(16)30-25(38)32(20-10-8-14(34(40)41)12-22(20)36)33(21-11-9-15(35(42)43)13-23(21)37)26(39)31-24-17(28)5-3-6-18(24)29;14-13(19)15(9-3-1-2-4-10(9)17(22)23)11-6-5-8(16(20)21)7-12(11)18/h1-13,36-37H,(H,30,38)(H,31,39);1-7,18H,(H2,14,19). The van der Waals surface area contributed by atoms with Crippen molar-refractivity contribution in [1.82, 2.24) is 0 Å². The molecule has 6 amide bonds. The van der Waals surface area contributed by atoms with Crippen LogP contribution in [-0.2, 0) is 0 Å². The number of nitro groups is 4. The van der Waals surface area contributed by atoms with Crippen molar-refractivity contribution in [3.8, 4) is 17.2 Å². The van der Waals surface area contributed by atoms with Gasteiger partial charge in [-0.25, -0.2) is 27.6 Å². The van der Waals surface area contributed by atoms with Gasteiger partial charge >= 0.3 is 18.1 Å². The van der Waals surface area contributed by atoms with E-state index < -0.39 is 118 Å². The number of carbonyl (C=O) groups excluding carboxylic acids is 3. The van der Waals surface area contributed by atoms with Crippen LogP contribution in [0.5, 0.6) is 17.2 Å². The summed E-state index contributed by atoms with van der Waals surface area (Å²) in [5.74, 6) is -6.09. The molecule has 0 heterocycles. The van der Waals surface area contributed by atoms with Gasteiger partial charge in [0, 0.05) is 24.3 Å². The maximum atomic E-state index is 14.5. The number of benzene rings is 6. The molecule has 7 N–H and O–H groups in total. The second kappa shape index (κ2) is 19.7. The molecule has 0 aliphatic heterocycles. The molecule has 66 heavy (non-hydrogen) atoms. The number of halogens is 3. The molecule has 24 nitrogen and oxygen atoms in total. The SMILES string of the molecule is NC(=O)N(c1ccc([N+](=O)[O-])cc1O)c1ccccc1[N+](=O)[O-].O=C(Nc1ccccc1F)N(c1ccc([N+](=O)[O-])cc1O)N(C(=O)Nc1c(F)cccc1F)c1ccc([N+](=O)[O-])cc1O. The Morgan fingerprint density at radius 2 is 0.909 bits per heavy atom. The third kappa shape index (κ3) is 10.3. The largest absolute Gasteiger partial charge is 0.505 e. The molecule has 0 aliphatic carbocycles. The molecule has 6 aromatic carbocycles. The summed E-state index contributed by atoms with van der Waals surface area (Å²) in [6.07, 6.45) is 0. The van der Waals surface area contributed by atoms with Crippen LogP contribution >= 0.6 is 0 Å². The lowest BCUT2D eigenvalue weighted by atomic mass is 10.2. The number of hydrogen-bond acceptors (Lipinski definition) is 14. The number of para-hydroxylation sites is 4. The first kappa shape index (κ1) is 47.0. The highest BCUT2D eigenvalue weighted by Gasteiger charge is 2.36. The topological polar surface area (TPSA) is 344 Å². The van der Waals surface area contributed by atoms with Gasteiger partial charge in [0.15, 0.2) is 0 Å². The van der Waals surface area contributed by atoms with Crippen molar-refractivity contribution in [3.63, 3.8) is 0 Å². The average molecular weight is 917 g/mol. The minimum atomic E-state index is -1.59. The number of nitrogens with zero attached hydrogens (tertiary/aromatic N) is 7. The third-order valence-electron chi connectivity index (χ3n) is 8.64. The van der Waals surface area contributed by atoms with E-state index >= 15 is 0 Å². The van der Waals surface area contributed by atoms with Crippen LogP contribution in [-0.4, -0.2) is 53.1 Å². The number of primary amides is 1. The Hall–Kier alpha value is -10.1. The second-order valence-electron chi connectivity index (χ2n) is 12.8. The number of rotatable bonds is 10. The summed E-state index contributed by atoms with van der Waals surface area (Å²) in [6.45, 7) is 0. The van der Waals surface area contributed by atoms with Crippen molar-refractivity contribution < 1.29 is 62.6 Å². The Labute approximate surface area is 364 Å². The minimum absolute atomic E-state index is 0.172. The number of urea groups is 3. The lowest BCUT2D eigenvalue weighted by Gasteiger charge is -2.35. The quantitative estimate of drug-likeness (QED) is 0.0554. The van der Waals surface area contributed by atoms with E-state index in [0.29, 0.717) is 17.0 Å². The predicted octanol–water partition coefficient (Wildman–Crippen LogP) is 8.45. The summed E-state index contributed by atoms with van der Waals surface area (Å²) in [4.78, 5) is 80.8. The van der Waals surface area contributed by atoms with Gasteiger partial charge in [0.05, 0.1) is 49.3 Å². The molecular formula is C39H27F3N10O14. The first-order valence-corrected chi connectivity index (χ1v) is 17.9. The Morgan fingerprint density at radius 3 is 1.33 bits per heavy atom.